The predicted molar refractivity (Wildman–Crippen MR) is 89.2 cm³/mol. The smallest absolute Gasteiger partial charge is 0.284 e. The Labute approximate surface area is 146 Å². The first-order valence-corrected chi connectivity index (χ1v) is 9.38. The molecule has 0 radical (unpaired) electrons. The lowest BCUT2D eigenvalue weighted by molar-refractivity contribution is -0.113. The van der Waals surface area contributed by atoms with Crippen molar-refractivity contribution in [2.45, 2.75) is 10.1 Å². The fourth-order valence-electron chi connectivity index (χ4n) is 1.82. The highest BCUT2D eigenvalue weighted by Crippen LogP contribution is 2.23. The predicted octanol–water partition coefficient (Wildman–Crippen LogP) is 1.71. The van der Waals surface area contributed by atoms with Gasteiger partial charge >= 0.3 is 0 Å². The number of hydrogen-bond donors (Lipinski definition) is 2. The number of rotatable bonds is 6. The third kappa shape index (κ3) is 4.47. The fraction of sp³-hybridized carbons (Fsp3) is 0.0714. The molecule has 0 atom stereocenters. The summed E-state index contributed by atoms with van der Waals surface area (Å²) in [5, 5.41) is 15.5. The summed E-state index contributed by atoms with van der Waals surface area (Å²) in [7, 11) is -3.76. The molecular formula is C14H12N4O5S2. The molecule has 1 aromatic carbocycles. The van der Waals surface area contributed by atoms with Gasteiger partial charge in [-0.3, -0.25) is 4.79 Å². The Hall–Kier alpha value is -2.63. The molecule has 1 amide bonds. The van der Waals surface area contributed by atoms with Crippen LogP contribution in [0.1, 0.15) is 0 Å². The van der Waals surface area contributed by atoms with E-state index < -0.39 is 10.0 Å². The van der Waals surface area contributed by atoms with Crippen LogP contribution in [0.5, 0.6) is 0 Å². The highest BCUT2D eigenvalue weighted by molar-refractivity contribution is 7.99. The molecule has 9 nitrogen and oxygen atoms in total. The molecule has 3 aromatic rings. The van der Waals surface area contributed by atoms with E-state index in [1.807, 2.05) is 0 Å². The average Bonchev–Trinajstić information content (AvgIpc) is 3.24. The van der Waals surface area contributed by atoms with Crippen molar-refractivity contribution in [3.8, 4) is 11.7 Å². The van der Waals surface area contributed by atoms with Gasteiger partial charge in [-0.05, 0) is 36.4 Å². The number of nitrogens with zero attached hydrogens (tertiary/aromatic N) is 2. The molecule has 2 heterocycles. The Morgan fingerprint density at radius 3 is 2.60 bits per heavy atom. The zero-order valence-corrected chi connectivity index (χ0v) is 14.2. The second kappa shape index (κ2) is 7.09. The SMILES string of the molecule is NS(=O)(=O)c1ccc(NC(=O)CSc2nnc(-c3ccco3)o2)cc1. The van der Waals surface area contributed by atoms with Crippen molar-refractivity contribution in [3.05, 3.63) is 42.7 Å². The van der Waals surface area contributed by atoms with E-state index >= 15 is 0 Å². The van der Waals surface area contributed by atoms with Gasteiger partial charge in [0.1, 0.15) is 0 Å². The van der Waals surface area contributed by atoms with Crippen molar-refractivity contribution >= 4 is 33.4 Å². The van der Waals surface area contributed by atoms with Gasteiger partial charge < -0.3 is 14.2 Å². The van der Waals surface area contributed by atoms with Crippen LogP contribution in [0, 0.1) is 0 Å². The molecule has 0 saturated heterocycles. The van der Waals surface area contributed by atoms with Gasteiger partial charge in [-0.25, -0.2) is 13.6 Å². The number of carbonyl (C=O) groups is 1. The van der Waals surface area contributed by atoms with Gasteiger partial charge in [-0.1, -0.05) is 11.8 Å². The maximum atomic E-state index is 11.9. The summed E-state index contributed by atoms with van der Waals surface area (Å²) in [5.74, 6) is 0.396. The second-order valence-electron chi connectivity index (χ2n) is 4.76. The largest absolute Gasteiger partial charge is 0.459 e. The number of carbonyl (C=O) groups excluding carboxylic acids is 1. The van der Waals surface area contributed by atoms with Crippen LogP contribution in [0.15, 0.2) is 61.6 Å². The molecule has 0 aliphatic rings. The van der Waals surface area contributed by atoms with E-state index in [1.54, 1.807) is 12.1 Å². The van der Waals surface area contributed by atoms with Crippen LogP contribution in [0.25, 0.3) is 11.7 Å². The minimum Gasteiger partial charge on any atom is -0.459 e. The van der Waals surface area contributed by atoms with E-state index in [0.29, 0.717) is 11.4 Å². The molecule has 0 unspecified atom stereocenters. The molecule has 0 aliphatic heterocycles. The zero-order chi connectivity index (χ0) is 17.9. The van der Waals surface area contributed by atoms with Crippen LogP contribution >= 0.6 is 11.8 Å². The second-order valence-corrected chi connectivity index (χ2v) is 7.24. The Morgan fingerprint density at radius 1 is 1.20 bits per heavy atom. The van der Waals surface area contributed by atoms with Crippen LogP contribution in [0.4, 0.5) is 5.69 Å². The van der Waals surface area contributed by atoms with Crippen LogP contribution in [0.2, 0.25) is 0 Å². The van der Waals surface area contributed by atoms with Crippen molar-refractivity contribution in [1.29, 1.82) is 0 Å². The van der Waals surface area contributed by atoms with E-state index in [4.69, 9.17) is 14.0 Å². The van der Waals surface area contributed by atoms with Gasteiger partial charge in [0, 0.05) is 5.69 Å². The Kier molecular flexibility index (Phi) is 4.88. The average molecular weight is 380 g/mol. The van der Waals surface area contributed by atoms with Crippen molar-refractivity contribution < 1.29 is 22.0 Å². The van der Waals surface area contributed by atoms with Crippen LogP contribution in [0.3, 0.4) is 0 Å². The summed E-state index contributed by atoms with van der Waals surface area (Å²) in [4.78, 5) is 11.9. The van der Waals surface area contributed by atoms with Crippen molar-refractivity contribution in [2.24, 2.45) is 5.14 Å². The van der Waals surface area contributed by atoms with E-state index in [9.17, 15) is 13.2 Å². The number of thioether (sulfide) groups is 1. The summed E-state index contributed by atoms with van der Waals surface area (Å²) >= 11 is 1.06. The summed E-state index contributed by atoms with van der Waals surface area (Å²) in [5.41, 5.74) is 0.444. The summed E-state index contributed by atoms with van der Waals surface area (Å²) in [6.07, 6.45) is 1.49. The van der Waals surface area contributed by atoms with Crippen LogP contribution < -0.4 is 10.5 Å². The lowest BCUT2D eigenvalue weighted by atomic mass is 10.3. The number of nitrogens with one attached hydrogen (secondary N) is 1. The lowest BCUT2D eigenvalue weighted by Crippen LogP contribution is -2.15. The Balaban J connectivity index is 1.55. The molecule has 0 aliphatic carbocycles. The monoisotopic (exact) mass is 380 g/mol. The number of nitrogens with two attached hydrogens (primary N) is 1. The number of primary sulfonamides is 1. The molecule has 0 bridgehead atoms. The molecule has 3 N–H and O–H groups in total. The minimum atomic E-state index is -3.76. The number of benzene rings is 1. The molecule has 11 heteroatoms. The van der Waals surface area contributed by atoms with Gasteiger partial charge in [-0.2, -0.15) is 0 Å². The number of furan rings is 1. The van der Waals surface area contributed by atoms with E-state index in [1.165, 1.54) is 30.5 Å². The summed E-state index contributed by atoms with van der Waals surface area (Å²) < 4.78 is 32.8. The maximum Gasteiger partial charge on any atom is 0.284 e. The van der Waals surface area contributed by atoms with Gasteiger partial charge in [0.2, 0.25) is 15.9 Å². The van der Waals surface area contributed by atoms with Crippen molar-refractivity contribution in [2.75, 3.05) is 11.1 Å². The lowest BCUT2D eigenvalue weighted by Gasteiger charge is -2.04. The highest BCUT2D eigenvalue weighted by atomic mass is 32.2. The standard InChI is InChI=1S/C14H12N4O5S2/c15-25(20,21)10-5-3-9(4-6-10)16-12(19)8-24-14-18-17-13(23-14)11-2-1-7-22-11/h1-7H,8H2,(H,16,19)(H2,15,20,21). The number of anilines is 1. The van der Waals surface area contributed by atoms with Gasteiger partial charge in [-0.15, -0.1) is 10.2 Å². The van der Waals surface area contributed by atoms with E-state index in [2.05, 4.69) is 15.5 Å². The van der Waals surface area contributed by atoms with E-state index in [0.717, 1.165) is 11.8 Å². The summed E-state index contributed by atoms with van der Waals surface area (Å²) in [6.45, 7) is 0. The molecule has 0 saturated carbocycles. The minimum absolute atomic E-state index is 0.0313. The normalized spacial score (nSPS) is 11.4. The first-order valence-electron chi connectivity index (χ1n) is 6.85. The van der Waals surface area contributed by atoms with Gasteiger partial charge in [0.15, 0.2) is 5.76 Å². The third-order valence-corrected chi connectivity index (χ3v) is 4.68. The first-order chi connectivity index (χ1) is 11.9. The number of aromatic nitrogens is 2. The van der Waals surface area contributed by atoms with Crippen molar-refractivity contribution in [3.63, 3.8) is 0 Å². The fourth-order valence-corrected chi connectivity index (χ4v) is 2.90. The first kappa shape index (κ1) is 17.2. The number of hydrogen-bond acceptors (Lipinski definition) is 8. The van der Waals surface area contributed by atoms with E-state index in [-0.39, 0.29) is 27.7 Å². The number of amides is 1. The topological polar surface area (TPSA) is 141 Å². The Bertz CT molecular complexity index is 965. The molecule has 3 rings (SSSR count). The van der Waals surface area contributed by atoms with Crippen LogP contribution in [-0.4, -0.2) is 30.3 Å². The van der Waals surface area contributed by atoms with Crippen LogP contribution in [-0.2, 0) is 14.8 Å². The molecule has 0 fully saturated rings. The van der Waals surface area contributed by atoms with Crippen molar-refractivity contribution in [1.82, 2.24) is 10.2 Å². The molecule has 0 spiro atoms. The maximum absolute atomic E-state index is 11.9. The molecule has 2 aromatic heterocycles. The quantitative estimate of drug-likeness (QED) is 0.616. The molecule has 25 heavy (non-hydrogen) atoms. The van der Waals surface area contributed by atoms with Gasteiger partial charge in [0.05, 0.1) is 16.9 Å². The summed E-state index contributed by atoms with van der Waals surface area (Å²) in [6, 6.07) is 8.90. The molecular weight excluding hydrogens is 368 g/mol. The Morgan fingerprint density at radius 2 is 1.96 bits per heavy atom. The highest BCUT2D eigenvalue weighted by Gasteiger charge is 2.13. The number of sulfonamides is 1. The zero-order valence-electron chi connectivity index (χ0n) is 12.6. The third-order valence-electron chi connectivity index (χ3n) is 2.93. The van der Waals surface area contributed by atoms with Gasteiger partial charge in [0.25, 0.3) is 11.1 Å². The molecule has 130 valence electrons.